The van der Waals surface area contributed by atoms with Crippen LogP contribution in [0.5, 0.6) is 5.75 Å². The van der Waals surface area contributed by atoms with Gasteiger partial charge in [0, 0.05) is 30.1 Å². The van der Waals surface area contributed by atoms with E-state index in [1.54, 1.807) is 48.7 Å². The van der Waals surface area contributed by atoms with Gasteiger partial charge in [-0.2, -0.15) is 5.10 Å². The van der Waals surface area contributed by atoms with E-state index in [1.165, 1.54) is 11.9 Å². The van der Waals surface area contributed by atoms with Crippen LogP contribution < -0.4 is 10.1 Å². The number of anilines is 1. The van der Waals surface area contributed by atoms with Crippen LogP contribution in [0.2, 0.25) is 5.02 Å². The lowest BCUT2D eigenvalue weighted by Gasteiger charge is -2.20. The third-order valence-corrected chi connectivity index (χ3v) is 4.98. The zero-order valence-electron chi connectivity index (χ0n) is 16.7. The first-order valence-corrected chi connectivity index (χ1v) is 10.1. The highest BCUT2D eigenvalue weighted by atomic mass is 35.5. The van der Waals surface area contributed by atoms with Gasteiger partial charge in [-0.15, -0.1) is 0 Å². The van der Waals surface area contributed by atoms with Gasteiger partial charge in [0.25, 0.3) is 5.91 Å². The molecule has 0 saturated heterocycles. The summed E-state index contributed by atoms with van der Waals surface area (Å²) >= 11 is 5.99. The van der Waals surface area contributed by atoms with Crippen LogP contribution >= 0.6 is 11.6 Å². The Morgan fingerprint density at radius 3 is 2.71 bits per heavy atom. The molecule has 2 heterocycles. The second-order valence-electron chi connectivity index (χ2n) is 7.02. The Bertz CT molecular complexity index is 1110. The first-order valence-electron chi connectivity index (χ1n) is 9.69. The number of hydrogen-bond donors (Lipinski definition) is 1. The number of ether oxygens (including phenoxy) is 1. The van der Waals surface area contributed by atoms with Crippen molar-refractivity contribution in [3.63, 3.8) is 0 Å². The van der Waals surface area contributed by atoms with Crippen molar-refractivity contribution in [3.8, 4) is 5.75 Å². The van der Waals surface area contributed by atoms with Crippen LogP contribution in [0.3, 0.4) is 0 Å². The summed E-state index contributed by atoms with van der Waals surface area (Å²) in [5.74, 6) is 0.620. The molecule has 0 radical (unpaired) electrons. The molecule has 0 bridgehead atoms. The lowest BCUT2D eigenvalue weighted by atomic mass is 10.0. The number of rotatable bonds is 6. The molecule has 158 valence electrons. The summed E-state index contributed by atoms with van der Waals surface area (Å²) < 4.78 is 11.2. The van der Waals surface area contributed by atoms with Crippen molar-refractivity contribution >= 4 is 34.8 Å². The molecule has 1 N–H and O–H groups in total. The fourth-order valence-corrected chi connectivity index (χ4v) is 3.46. The van der Waals surface area contributed by atoms with Crippen LogP contribution in [0.4, 0.5) is 5.69 Å². The molecule has 4 rings (SSSR count). The van der Waals surface area contributed by atoms with E-state index in [9.17, 15) is 9.59 Å². The molecule has 1 unspecified atom stereocenters. The van der Waals surface area contributed by atoms with Gasteiger partial charge >= 0.3 is 0 Å². The summed E-state index contributed by atoms with van der Waals surface area (Å²) in [6, 6.07) is 17.4. The molecular weight excluding hydrogens is 418 g/mol. The van der Waals surface area contributed by atoms with Crippen LogP contribution in [0.1, 0.15) is 30.7 Å². The second-order valence-corrected chi connectivity index (χ2v) is 7.46. The molecule has 7 nitrogen and oxygen atoms in total. The minimum absolute atomic E-state index is 0.185. The summed E-state index contributed by atoms with van der Waals surface area (Å²) in [6.45, 7) is 1.22. The molecule has 1 aromatic heterocycles. The molecule has 2 aromatic carbocycles. The van der Waals surface area contributed by atoms with Crippen molar-refractivity contribution in [1.82, 2.24) is 5.01 Å². The van der Waals surface area contributed by atoms with Crippen molar-refractivity contribution in [1.29, 1.82) is 0 Å². The first-order chi connectivity index (χ1) is 15.0. The highest BCUT2D eigenvalue weighted by molar-refractivity contribution is 6.30. The summed E-state index contributed by atoms with van der Waals surface area (Å²) in [4.78, 5) is 24.2. The lowest BCUT2D eigenvalue weighted by Crippen LogP contribution is -2.31. The van der Waals surface area contributed by atoms with Crippen molar-refractivity contribution in [3.05, 3.63) is 83.3 Å². The molecule has 0 saturated carbocycles. The van der Waals surface area contributed by atoms with E-state index < -0.39 is 0 Å². The molecule has 1 aliphatic rings. The fraction of sp³-hybridized carbons (Fsp3) is 0.174. The highest BCUT2D eigenvalue weighted by Gasteiger charge is 2.35. The molecule has 0 aliphatic carbocycles. The Morgan fingerprint density at radius 2 is 2.00 bits per heavy atom. The van der Waals surface area contributed by atoms with Gasteiger partial charge < -0.3 is 14.5 Å². The summed E-state index contributed by atoms with van der Waals surface area (Å²) in [7, 11) is 0. The minimum Gasteiger partial charge on any atom is -0.484 e. The lowest BCUT2D eigenvalue weighted by molar-refractivity contribution is -0.135. The largest absolute Gasteiger partial charge is 0.484 e. The van der Waals surface area contributed by atoms with Gasteiger partial charge in [-0.1, -0.05) is 29.8 Å². The van der Waals surface area contributed by atoms with Gasteiger partial charge in [0.2, 0.25) is 5.91 Å². The molecule has 2 amide bonds. The van der Waals surface area contributed by atoms with Crippen LogP contribution in [0, 0.1) is 0 Å². The van der Waals surface area contributed by atoms with Crippen molar-refractivity contribution in [2.45, 2.75) is 19.4 Å². The number of carbonyl (C=O) groups is 2. The highest BCUT2D eigenvalue weighted by Crippen LogP contribution is 2.33. The zero-order valence-corrected chi connectivity index (χ0v) is 17.5. The van der Waals surface area contributed by atoms with Crippen LogP contribution in [-0.4, -0.2) is 29.1 Å². The predicted molar refractivity (Wildman–Crippen MR) is 117 cm³/mol. The number of halogens is 1. The fourth-order valence-electron chi connectivity index (χ4n) is 3.34. The quantitative estimate of drug-likeness (QED) is 0.608. The van der Waals surface area contributed by atoms with Crippen molar-refractivity contribution < 1.29 is 18.7 Å². The molecule has 0 spiro atoms. The van der Waals surface area contributed by atoms with Gasteiger partial charge in [-0.05, 0) is 42.0 Å². The Labute approximate surface area is 184 Å². The van der Waals surface area contributed by atoms with Gasteiger partial charge in [-0.3, -0.25) is 9.59 Å². The predicted octanol–water partition coefficient (Wildman–Crippen LogP) is 4.65. The van der Waals surface area contributed by atoms with E-state index in [0.717, 1.165) is 11.3 Å². The van der Waals surface area contributed by atoms with E-state index in [-0.39, 0.29) is 24.5 Å². The molecular formula is C23H20ClN3O4. The average molecular weight is 438 g/mol. The van der Waals surface area contributed by atoms with Gasteiger partial charge in [0.05, 0.1) is 12.0 Å². The van der Waals surface area contributed by atoms with E-state index in [1.807, 2.05) is 18.2 Å². The van der Waals surface area contributed by atoms with Gasteiger partial charge in [0.15, 0.2) is 6.61 Å². The maximum absolute atomic E-state index is 13.0. The van der Waals surface area contributed by atoms with E-state index in [0.29, 0.717) is 28.6 Å². The number of nitrogens with one attached hydrogen (secondary N) is 1. The third-order valence-electron chi connectivity index (χ3n) is 4.73. The SMILES string of the molecule is CC(=O)Nc1cccc(OCC(=O)N2N=C(c3ccc(Cl)cc3)CC2c2ccco2)c1. The smallest absolute Gasteiger partial charge is 0.281 e. The number of nitrogens with zero attached hydrogens (tertiary/aromatic N) is 2. The maximum atomic E-state index is 13.0. The van der Waals surface area contributed by atoms with E-state index >= 15 is 0 Å². The standard InChI is InChI=1S/C23H20ClN3O4/c1-15(28)25-18-4-2-5-19(12-18)31-14-23(29)27-21(22-6-3-11-30-22)13-20(26-27)16-7-9-17(24)10-8-16/h2-12,21H,13-14H2,1H3,(H,25,28). The zero-order chi connectivity index (χ0) is 21.8. The van der Waals surface area contributed by atoms with E-state index in [4.69, 9.17) is 20.8 Å². The van der Waals surface area contributed by atoms with Gasteiger partial charge in [-0.25, -0.2) is 5.01 Å². The minimum atomic E-state index is -0.359. The Balaban J connectivity index is 1.51. The monoisotopic (exact) mass is 437 g/mol. The Kier molecular flexibility index (Phi) is 6.04. The van der Waals surface area contributed by atoms with Crippen LogP contribution in [0.25, 0.3) is 0 Å². The van der Waals surface area contributed by atoms with Crippen molar-refractivity contribution in [2.24, 2.45) is 5.10 Å². The number of amides is 2. The van der Waals surface area contributed by atoms with Crippen molar-refractivity contribution in [2.75, 3.05) is 11.9 Å². The number of carbonyl (C=O) groups excluding carboxylic acids is 2. The van der Waals surface area contributed by atoms with E-state index in [2.05, 4.69) is 10.4 Å². The second kappa shape index (κ2) is 9.06. The number of hydrazone groups is 1. The van der Waals surface area contributed by atoms with Crippen LogP contribution in [-0.2, 0) is 9.59 Å². The average Bonchev–Trinajstić information content (AvgIpc) is 3.42. The Morgan fingerprint density at radius 1 is 1.19 bits per heavy atom. The molecule has 3 aromatic rings. The molecule has 1 atom stereocenters. The third kappa shape index (κ3) is 4.95. The maximum Gasteiger partial charge on any atom is 0.281 e. The number of furan rings is 1. The first kappa shape index (κ1) is 20.7. The summed E-state index contributed by atoms with van der Waals surface area (Å²) in [5, 5.41) is 9.27. The molecule has 8 heteroatoms. The molecule has 31 heavy (non-hydrogen) atoms. The number of benzene rings is 2. The van der Waals surface area contributed by atoms with Crippen LogP contribution in [0.15, 0.2) is 76.4 Å². The molecule has 1 aliphatic heterocycles. The van der Waals surface area contributed by atoms with Gasteiger partial charge in [0.1, 0.15) is 17.6 Å². The Hall–Kier alpha value is -3.58. The number of hydrogen-bond acceptors (Lipinski definition) is 5. The molecule has 0 fully saturated rings. The summed E-state index contributed by atoms with van der Waals surface area (Å²) in [6.07, 6.45) is 2.08. The normalized spacial score (nSPS) is 15.5. The topological polar surface area (TPSA) is 84.1 Å². The summed E-state index contributed by atoms with van der Waals surface area (Å²) in [5.41, 5.74) is 2.24.